The normalized spacial score (nSPS) is 19.9. The van der Waals surface area contributed by atoms with Gasteiger partial charge in [0.1, 0.15) is 11.5 Å². The highest BCUT2D eigenvalue weighted by molar-refractivity contribution is 7.88. The molecule has 1 unspecified atom stereocenters. The van der Waals surface area contributed by atoms with Gasteiger partial charge in [-0.15, -0.1) is 0 Å². The summed E-state index contributed by atoms with van der Waals surface area (Å²) in [7, 11) is -3.18. The second-order valence-corrected chi connectivity index (χ2v) is 8.13. The van der Waals surface area contributed by atoms with Gasteiger partial charge < -0.3 is 0 Å². The van der Waals surface area contributed by atoms with Crippen LogP contribution in [0.2, 0.25) is 0 Å². The van der Waals surface area contributed by atoms with Crippen molar-refractivity contribution < 1.29 is 8.42 Å². The van der Waals surface area contributed by atoms with Gasteiger partial charge in [-0.3, -0.25) is 5.10 Å². The molecule has 2 aromatic heterocycles. The van der Waals surface area contributed by atoms with E-state index in [0.717, 1.165) is 35.6 Å². The van der Waals surface area contributed by atoms with Crippen molar-refractivity contribution in [1.82, 2.24) is 24.5 Å². The molecule has 1 N–H and O–H groups in total. The van der Waals surface area contributed by atoms with Crippen molar-refractivity contribution in [3.63, 3.8) is 0 Å². The smallest absolute Gasteiger partial charge is 0.211 e. The van der Waals surface area contributed by atoms with Crippen LogP contribution in [0.3, 0.4) is 0 Å². The van der Waals surface area contributed by atoms with Crippen molar-refractivity contribution in [2.75, 3.05) is 19.3 Å². The molecule has 124 valence electrons. The van der Waals surface area contributed by atoms with E-state index in [0.29, 0.717) is 18.9 Å². The Balaban J connectivity index is 1.92. The zero-order chi connectivity index (χ0) is 16.6. The molecule has 8 heteroatoms. The molecule has 7 nitrogen and oxygen atoms in total. The lowest BCUT2D eigenvalue weighted by Gasteiger charge is -2.30. The van der Waals surface area contributed by atoms with Crippen molar-refractivity contribution in [2.24, 2.45) is 0 Å². The first kappa shape index (κ1) is 16.1. The highest BCUT2D eigenvalue weighted by Gasteiger charge is 2.28. The highest BCUT2D eigenvalue weighted by atomic mass is 32.2. The number of hydrogen-bond acceptors (Lipinski definition) is 5. The average molecular weight is 335 g/mol. The molecule has 1 fully saturated rings. The van der Waals surface area contributed by atoms with Crippen molar-refractivity contribution in [3.8, 4) is 11.4 Å². The van der Waals surface area contributed by atoms with Crippen LogP contribution in [0.4, 0.5) is 0 Å². The molecule has 3 rings (SSSR count). The van der Waals surface area contributed by atoms with Gasteiger partial charge in [-0.05, 0) is 38.8 Å². The third kappa shape index (κ3) is 3.59. The number of piperidine rings is 1. The third-order valence-corrected chi connectivity index (χ3v) is 5.33. The number of hydrogen-bond donors (Lipinski definition) is 1. The number of aromatic nitrogens is 4. The number of rotatable bonds is 3. The second kappa shape index (κ2) is 6.01. The summed E-state index contributed by atoms with van der Waals surface area (Å²) in [6.45, 7) is 4.88. The first-order valence-electron chi connectivity index (χ1n) is 7.66. The molecule has 0 radical (unpaired) electrons. The van der Waals surface area contributed by atoms with Crippen LogP contribution < -0.4 is 0 Å². The van der Waals surface area contributed by atoms with Gasteiger partial charge in [-0.2, -0.15) is 5.10 Å². The Morgan fingerprint density at radius 3 is 2.65 bits per heavy atom. The van der Waals surface area contributed by atoms with Gasteiger partial charge in [0.2, 0.25) is 10.0 Å². The van der Waals surface area contributed by atoms with E-state index in [4.69, 9.17) is 0 Å². The van der Waals surface area contributed by atoms with E-state index >= 15 is 0 Å². The Bertz CT molecular complexity index is 815. The molecular formula is C15H21N5O2S. The van der Waals surface area contributed by atoms with E-state index in [9.17, 15) is 8.42 Å². The Kier molecular flexibility index (Phi) is 4.20. The minimum atomic E-state index is -3.18. The van der Waals surface area contributed by atoms with Gasteiger partial charge in [0, 0.05) is 30.4 Å². The summed E-state index contributed by atoms with van der Waals surface area (Å²) in [6.07, 6.45) is 2.98. The van der Waals surface area contributed by atoms with Crippen LogP contribution in [0, 0.1) is 13.8 Å². The minimum Gasteiger partial charge on any atom is -0.282 e. The Morgan fingerprint density at radius 1 is 1.22 bits per heavy atom. The molecular weight excluding hydrogens is 314 g/mol. The van der Waals surface area contributed by atoms with E-state index in [1.54, 1.807) is 0 Å². The number of aryl methyl sites for hydroxylation is 2. The molecule has 1 aliphatic heterocycles. The second-order valence-electron chi connectivity index (χ2n) is 6.15. The van der Waals surface area contributed by atoms with E-state index in [1.165, 1.54) is 10.6 Å². The summed E-state index contributed by atoms with van der Waals surface area (Å²) in [5, 5.41) is 7.16. The largest absolute Gasteiger partial charge is 0.282 e. The molecule has 1 aliphatic rings. The van der Waals surface area contributed by atoms with E-state index in [-0.39, 0.29) is 5.92 Å². The molecule has 0 aliphatic carbocycles. The van der Waals surface area contributed by atoms with Crippen LogP contribution in [-0.4, -0.2) is 52.2 Å². The van der Waals surface area contributed by atoms with Gasteiger partial charge >= 0.3 is 0 Å². The molecule has 0 amide bonds. The van der Waals surface area contributed by atoms with Gasteiger partial charge in [0.15, 0.2) is 0 Å². The summed E-state index contributed by atoms with van der Waals surface area (Å²) in [5.74, 6) is 0.728. The first-order valence-corrected chi connectivity index (χ1v) is 9.51. The van der Waals surface area contributed by atoms with E-state index in [1.807, 2.05) is 26.0 Å². The predicted molar refractivity (Wildman–Crippen MR) is 87.5 cm³/mol. The van der Waals surface area contributed by atoms with Crippen molar-refractivity contribution in [2.45, 2.75) is 32.6 Å². The van der Waals surface area contributed by atoms with Gasteiger partial charge in [-0.25, -0.2) is 22.7 Å². The summed E-state index contributed by atoms with van der Waals surface area (Å²) in [4.78, 5) is 9.18. The lowest BCUT2D eigenvalue weighted by molar-refractivity contribution is 0.311. The van der Waals surface area contributed by atoms with E-state index < -0.39 is 10.0 Å². The van der Waals surface area contributed by atoms with E-state index in [2.05, 4.69) is 20.2 Å². The molecule has 3 heterocycles. The molecule has 1 saturated heterocycles. The number of sulfonamides is 1. The third-order valence-electron chi connectivity index (χ3n) is 4.06. The molecule has 23 heavy (non-hydrogen) atoms. The molecule has 0 spiro atoms. The van der Waals surface area contributed by atoms with Crippen LogP contribution in [0.15, 0.2) is 12.1 Å². The zero-order valence-electron chi connectivity index (χ0n) is 13.6. The maximum atomic E-state index is 11.8. The molecule has 1 atom stereocenters. The van der Waals surface area contributed by atoms with Crippen molar-refractivity contribution in [1.29, 1.82) is 0 Å². The lowest BCUT2D eigenvalue weighted by Crippen LogP contribution is -2.38. The fraction of sp³-hybridized carbons (Fsp3) is 0.533. The SMILES string of the molecule is Cc1cc(-c2cc(C)[nH]n2)nc(C2CCCN(S(C)(=O)=O)C2)n1. The van der Waals surface area contributed by atoms with Crippen LogP contribution in [0.5, 0.6) is 0 Å². The van der Waals surface area contributed by atoms with Crippen molar-refractivity contribution >= 4 is 10.0 Å². The summed E-state index contributed by atoms with van der Waals surface area (Å²) >= 11 is 0. The summed E-state index contributed by atoms with van der Waals surface area (Å²) in [5.41, 5.74) is 3.39. The molecule has 0 bridgehead atoms. The molecule has 0 aromatic carbocycles. The summed E-state index contributed by atoms with van der Waals surface area (Å²) in [6, 6.07) is 3.84. The van der Waals surface area contributed by atoms with Gasteiger partial charge in [-0.1, -0.05) is 0 Å². The maximum absolute atomic E-state index is 11.8. The van der Waals surface area contributed by atoms with Crippen LogP contribution in [0.25, 0.3) is 11.4 Å². The van der Waals surface area contributed by atoms with Gasteiger partial charge in [0.05, 0.1) is 11.9 Å². The fourth-order valence-corrected chi connectivity index (χ4v) is 3.82. The Morgan fingerprint density at radius 2 is 2.00 bits per heavy atom. The van der Waals surface area contributed by atoms with Crippen LogP contribution in [0.1, 0.15) is 36.0 Å². The monoisotopic (exact) mass is 335 g/mol. The maximum Gasteiger partial charge on any atom is 0.211 e. The van der Waals surface area contributed by atoms with Crippen molar-refractivity contribution in [3.05, 3.63) is 29.3 Å². The zero-order valence-corrected chi connectivity index (χ0v) is 14.4. The fourth-order valence-electron chi connectivity index (χ4n) is 2.91. The van der Waals surface area contributed by atoms with Crippen LogP contribution in [-0.2, 0) is 10.0 Å². The highest BCUT2D eigenvalue weighted by Crippen LogP contribution is 2.27. The number of aromatic amines is 1. The minimum absolute atomic E-state index is 0.0252. The average Bonchev–Trinajstić information content (AvgIpc) is 2.92. The number of nitrogens with zero attached hydrogens (tertiary/aromatic N) is 4. The topological polar surface area (TPSA) is 91.8 Å². The number of H-pyrrole nitrogens is 1. The quantitative estimate of drug-likeness (QED) is 0.920. The molecule has 2 aromatic rings. The molecule has 0 saturated carbocycles. The van der Waals surface area contributed by atoms with Crippen LogP contribution >= 0.6 is 0 Å². The standard InChI is InChI=1S/C15H21N5O2S/c1-10-7-13(14-8-11(2)18-19-14)17-15(16-10)12-5-4-6-20(9-12)23(3,21)22/h7-8,12H,4-6,9H2,1-3H3,(H,18,19). The van der Waals surface area contributed by atoms with Gasteiger partial charge in [0.25, 0.3) is 0 Å². The number of nitrogens with one attached hydrogen (secondary N) is 1. The first-order chi connectivity index (χ1) is 10.8. The Labute approximate surface area is 136 Å². The summed E-state index contributed by atoms with van der Waals surface area (Å²) < 4.78 is 25.1. The Hall–Kier alpha value is -1.80. The lowest BCUT2D eigenvalue weighted by atomic mass is 9.98. The predicted octanol–water partition coefficient (Wildman–Crippen LogP) is 1.62.